The van der Waals surface area contributed by atoms with Crippen molar-refractivity contribution in [2.75, 3.05) is 19.8 Å². The molecular weight excluding hydrogens is 299 g/mol. The van der Waals surface area contributed by atoms with Crippen LogP contribution in [0.3, 0.4) is 0 Å². The lowest BCUT2D eigenvalue weighted by molar-refractivity contribution is 0.0314. The molecule has 0 amide bonds. The summed E-state index contributed by atoms with van der Waals surface area (Å²) >= 11 is 0. The molecule has 112 valence electrons. The molecule has 0 bridgehead atoms. The number of sulfonamides is 1. The van der Waals surface area contributed by atoms with E-state index in [1.807, 2.05) is 4.72 Å². The van der Waals surface area contributed by atoms with E-state index in [-0.39, 0.29) is 19.6 Å². The van der Waals surface area contributed by atoms with Crippen LogP contribution in [0, 0.1) is 17.5 Å². The molecule has 1 aromatic carbocycles. The lowest BCUT2D eigenvalue weighted by Gasteiger charge is -2.20. The van der Waals surface area contributed by atoms with Crippen LogP contribution in [0.15, 0.2) is 17.0 Å². The van der Waals surface area contributed by atoms with Crippen LogP contribution >= 0.6 is 0 Å². The molecule has 0 radical (unpaired) electrons. The second-order valence-corrected chi connectivity index (χ2v) is 6.26. The molecule has 1 aliphatic heterocycles. The van der Waals surface area contributed by atoms with Gasteiger partial charge in [0.05, 0.1) is 6.61 Å². The highest BCUT2D eigenvalue weighted by atomic mass is 32.2. The van der Waals surface area contributed by atoms with E-state index in [1.54, 1.807) is 0 Å². The van der Waals surface area contributed by atoms with Gasteiger partial charge in [-0.1, -0.05) is 0 Å². The first kappa shape index (κ1) is 15.2. The molecule has 0 aromatic heterocycles. The van der Waals surface area contributed by atoms with Crippen molar-refractivity contribution < 1.29 is 31.4 Å². The van der Waals surface area contributed by atoms with E-state index >= 15 is 0 Å². The second kappa shape index (κ2) is 5.32. The maximum absolute atomic E-state index is 13.4. The minimum atomic E-state index is -4.40. The minimum absolute atomic E-state index is 0.0597. The fourth-order valence-corrected chi connectivity index (χ4v) is 2.95. The number of aliphatic hydroxyl groups is 1. The van der Waals surface area contributed by atoms with Gasteiger partial charge in [-0.2, -0.15) is 0 Å². The summed E-state index contributed by atoms with van der Waals surface area (Å²) < 4.78 is 69.7. The second-order valence-electron chi connectivity index (χ2n) is 4.52. The quantitative estimate of drug-likeness (QED) is 0.796. The predicted octanol–water partition coefficient (Wildman–Crippen LogP) is 0.534. The predicted molar refractivity (Wildman–Crippen MR) is 61.9 cm³/mol. The molecule has 1 atom stereocenters. The van der Waals surface area contributed by atoms with Gasteiger partial charge < -0.3 is 9.84 Å². The molecule has 0 aliphatic carbocycles. The van der Waals surface area contributed by atoms with E-state index in [4.69, 9.17) is 4.74 Å². The van der Waals surface area contributed by atoms with E-state index in [1.165, 1.54) is 0 Å². The number of hydrogen-bond acceptors (Lipinski definition) is 4. The Bertz CT molecular complexity index is 614. The number of rotatable bonds is 4. The molecule has 20 heavy (non-hydrogen) atoms. The lowest BCUT2D eigenvalue weighted by Crippen LogP contribution is -2.43. The molecule has 5 nitrogen and oxygen atoms in total. The Kier molecular flexibility index (Phi) is 4.05. The third-order valence-electron chi connectivity index (χ3n) is 2.96. The Morgan fingerprint density at radius 1 is 1.30 bits per heavy atom. The SMILES string of the molecule is O=S(=O)(NCC1(O)CCOC1)c1ccc(F)c(F)c1F. The lowest BCUT2D eigenvalue weighted by atomic mass is 10.1. The maximum Gasteiger partial charge on any atom is 0.243 e. The first-order valence-electron chi connectivity index (χ1n) is 5.68. The summed E-state index contributed by atoms with van der Waals surface area (Å²) in [6.07, 6.45) is 0.218. The van der Waals surface area contributed by atoms with E-state index < -0.39 is 44.5 Å². The highest BCUT2D eigenvalue weighted by Crippen LogP contribution is 2.21. The van der Waals surface area contributed by atoms with Crippen LogP contribution in [0.1, 0.15) is 6.42 Å². The summed E-state index contributed by atoms with van der Waals surface area (Å²) in [6.45, 7) is -0.193. The van der Waals surface area contributed by atoms with Crippen molar-refractivity contribution in [3.63, 3.8) is 0 Å². The van der Waals surface area contributed by atoms with Crippen molar-refractivity contribution >= 4 is 10.0 Å². The molecule has 2 rings (SSSR count). The van der Waals surface area contributed by atoms with Crippen molar-refractivity contribution in [2.45, 2.75) is 16.9 Å². The van der Waals surface area contributed by atoms with Crippen LogP contribution < -0.4 is 4.72 Å². The molecule has 1 unspecified atom stereocenters. The summed E-state index contributed by atoms with van der Waals surface area (Å²) in [6, 6.07) is 1.13. The van der Waals surface area contributed by atoms with Crippen molar-refractivity contribution in [3.8, 4) is 0 Å². The van der Waals surface area contributed by atoms with E-state index in [9.17, 15) is 26.7 Å². The summed E-state index contributed by atoms with van der Waals surface area (Å²) in [5, 5.41) is 9.89. The van der Waals surface area contributed by atoms with Gasteiger partial charge in [-0.3, -0.25) is 0 Å². The zero-order chi connectivity index (χ0) is 15.0. The largest absolute Gasteiger partial charge is 0.386 e. The molecule has 1 aromatic rings. The van der Waals surface area contributed by atoms with Gasteiger partial charge in [0.25, 0.3) is 0 Å². The monoisotopic (exact) mass is 311 g/mol. The molecule has 1 saturated heterocycles. The zero-order valence-electron chi connectivity index (χ0n) is 10.2. The Labute approximate surface area is 113 Å². The van der Waals surface area contributed by atoms with Crippen molar-refractivity contribution in [2.24, 2.45) is 0 Å². The first-order chi connectivity index (χ1) is 9.25. The fourth-order valence-electron chi connectivity index (χ4n) is 1.76. The van der Waals surface area contributed by atoms with Gasteiger partial charge in [-0.05, 0) is 12.1 Å². The normalized spacial score (nSPS) is 23.2. The third kappa shape index (κ3) is 2.95. The van der Waals surface area contributed by atoms with Crippen LogP contribution in [-0.2, 0) is 14.8 Å². The van der Waals surface area contributed by atoms with Crippen molar-refractivity contribution in [3.05, 3.63) is 29.6 Å². The van der Waals surface area contributed by atoms with Crippen molar-refractivity contribution in [1.29, 1.82) is 0 Å². The van der Waals surface area contributed by atoms with E-state index in [2.05, 4.69) is 0 Å². The van der Waals surface area contributed by atoms with Crippen LogP contribution in [0.25, 0.3) is 0 Å². The standard InChI is InChI=1S/C11H12F3NO4S/c12-7-1-2-8(10(14)9(7)13)20(17,18)15-5-11(16)3-4-19-6-11/h1-2,15-16H,3-6H2. The molecule has 2 N–H and O–H groups in total. The van der Waals surface area contributed by atoms with Crippen LogP contribution in [0.5, 0.6) is 0 Å². The minimum Gasteiger partial charge on any atom is -0.386 e. The van der Waals surface area contributed by atoms with Gasteiger partial charge in [0.15, 0.2) is 17.5 Å². The number of benzene rings is 1. The zero-order valence-corrected chi connectivity index (χ0v) is 11.0. The van der Waals surface area contributed by atoms with Crippen LogP contribution in [0.4, 0.5) is 13.2 Å². The third-order valence-corrected chi connectivity index (χ3v) is 4.38. The molecule has 0 saturated carbocycles. The Morgan fingerprint density at radius 2 is 2.00 bits per heavy atom. The van der Waals surface area contributed by atoms with Gasteiger partial charge in [0, 0.05) is 19.6 Å². The average Bonchev–Trinajstić information content (AvgIpc) is 2.81. The van der Waals surface area contributed by atoms with E-state index in [0.29, 0.717) is 12.1 Å². The van der Waals surface area contributed by atoms with Crippen molar-refractivity contribution in [1.82, 2.24) is 4.72 Å². The molecule has 1 fully saturated rings. The van der Waals surface area contributed by atoms with E-state index in [0.717, 1.165) is 0 Å². The summed E-state index contributed by atoms with van der Waals surface area (Å²) in [7, 11) is -4.40. The van der Waals surface area contributed by atoms with Gasteiger partial charge in [-0.15, -0.1) is 0 Å². The Balaban J connectivity index is 2.21. The van der Waals surface area contributed by atoms with Gasteiger partial charge in [0.2, 0.25) is 10.0 Å². The van der Waals surface area contributed by atoms with Gasteiger partial charge in [0.1, 0.15) is 10.5 Å². The number of nitrogens with one attached hydrogen (secondary N) is 1. The molecule has 9 heteroatoms. The molecule has 1 aliphatic rings. The number of ether oxygens (including phenoxy) is 1. The maximum atomic E-state index is 13.4. The number of halogens is 3. The number of hydrogen-bond donors (Lipinski definition) is 2. The topological polar surface area (TPSA) is 75.6 Å². The first-order valence-corrected chi connectivity index (χ1v) is 7.17. The van der Waals surface area contributed by atoms with Gasteiger partial charge in [-0.25, -0.2) is 26.3 Å². The van der Waals surface area contributed by atoms with Gasteiger partial charge >= 0.3 is 0 Å². The van der Waals surface area contributed by atoms with Crippen LogP contribution in [0.2, 0.25) is 0 Å². The highest BCUT2D eigenvalue weighted by molar-refractivity contribution is 7.89. The molecule has 0 spiro atoms. The summed E-state index contributed by atoms with van der Waals surface area (Å²) in [4.78, 5) is -1.01. The smallest absolute Gasteiger partial charge is 0.243 e. The fraction of sp³-hybridized carbons (Fsp3) is 0.455. The Morgan fingerprint density at radius 3 is 2.60 bits per heavy atom. The molecule has 1 heterocycles. The average molecular weight is 311 g/mol. The highest BCUT2D eigenvalue weighted by Gasteiger charge is 2.34. The molecular formula is C11H12F3NO4S. The summed E-state index contributed by atoms with van der Waals surface area (Å²) in [5.41, 5.74) is -1.39. The summed E-state index contributed by atoms with van der Waals surface area (Å²) in [5.74, 6) is -5.15. The van der Waals surface area contributed by atoms with Crippen LogP contribution in [-0.4, -0.2) is 38.9 Å². The Hall–Kier alpha value is -1.16.